The zero-order chi connectivity index (χ0) is 11.3. The Morgan fingerprint density at radius 3 is 2.87 bits per heavy atom. The van der Waals surface area contributed by atoms with Crippen LogP contribution in [-0.4, -0.2) is 49.2 Å². The number of aliphatic hydroxyl groups is 1. The first-order chi connectivity index (χ1) is 7.10. The summed E-state index contributed by atoms with van der Waals surface area (Å²) in [6.45, 7) is 4.60. The number of carbonyl (C=O) groups is 1. The van der Waals surface area contributed by atoms with E-state index in [0.717, 1.165) is 25.9 Å². The average molecular weight is 214 g/mol. The first-order valence-corrected chi connectivity index (χ1v) is 5.67. The van der Waals surface area contributed by atoms with Gasteiger partial charge in [-0.3, -0.25) is 4.79 Å². The van der Waals surface area contributed by atoms with Gasteiger partial charge in [-0.25, -0.2) is 0 Å². The van der Waals surface area contributed by atoms with E-state index in [9.17, 15) is 4.79 Å². The summed E-state index contributed by atoms with van der Waals surface area (Å²) < 4.78 is 0. The van der Waals surface area contributed by atoms with Crippen molar-refractivity contribution in [1.82, 2.24) is 10.2 Å². The van der Waals surface area contributed by atoms with Gasteiger partial charge in [-0.05, 0) is 32.7 Å². The summed E-state index contributed by atoms with van der Waals surface area (Å²) in [5.74, 6) is 0.197. The van der Waals surface area contributed by atoms with Crippen LogP contribution < -0.4 is 5.32 Å². The van der Waals surface area contributed by atoms with Gasteiger partial charge in [0, 0.05) is 26.7 Å². The normalized spacial score (nSPS) is 26.3. The molecule has 15 heavy (non-hydrogen) atoms. The number of hydrogen-bond acceptors (Lipinski definition) is 3. The molecule has 1 saturated heterocycles. The Morgan fingerprint density at radius 2 is 2.33 bits per heavy atom. The van der Waals surface area contributed by atoms with Crippen molar-refractivity contribution in [3.8, 4) is 0 Å². The van der Waals surface area contributed by atoms with Gasteiger partial charge in [-0.15, -0.1) is 0 Å². The lowest BCUT2D eigenvalue weighted by molar-refractivity contribution is -0.140. The number of rotatable bonds is 4. The molecular weight excluding hydrogens is 192 g/mol. The second kappa shape index (κ2) is 5.47. The maximum Gasteiger partial charge on any atom is 0.229 e. The second-order valence-electron chi connectivity index (χ2n) is 4.64. The molecule has 1 heterocycles. The summed E-state index contributed by atoms with van der Waals surface area (Å²) in [6.07, 6.45) is 2.68. The fraction of sp³-hybridized carbons (Fsp3) is 0.909. The molecule has 1 unspecified atom stereocenters. The molecule has 0 radical (unpaired) electrons. The van der Waals surface area contributed by atoms with Crippen LogP contribution in [0.5, 0.6) is 0 Å². The summed E-state index contributed by atoms with van der Waals surface area (Å²) in [7, 11) is 1.82. The molecule has 88 valence electrons. The predicted molar refractivity (Wildman–Crippen MR) is 59.6 cm³/mol. The maximum atomic E-state index is 12.1. The van der Waals surface area contributed by atoms with Crippen molar-refractivity contribution in [3.63, 3.8) is 0 Å². The Balaban J connectivity index is 2.49. The molecule has 4 heteroatoms. The molecule has 1 atom stereocenters. The van der Waals surface area contributed by atoms with E-state index in [4.69, 9.17) is 5.11 Å². The Hall–Kier alpha value is -0.610. The van der Waals surface area contributed by atoms with Crippen LogP contribution in [-0.2, 0) is 4.79 Å². The minimum Gasteiger partial charge on any atom is -0.396 e. The third-order valence-corrected chi connectivity index (χ3v) is 3.11. The molecule has 0 aromatic heterocycles. The molecule has 2 N–H and O–H groups in total. The van der Waals surface area contributed by atoms with Crippen LogP contribution in [0, 0.1) is 5.41 Å². The third-order valence-electron chi connectivity index (χ3n) is 3.11. The smallest absolute Gasteiger partial charge is 0.229 e. The van der Waals surface area contributed by atoms with Gasteiger partial charge in [0.1, 0.15) is 0 Å². The van der Waals surface area contributed by atoms with Crippen molar-refractivity contribution in [3.05, 3.63) is 0 Å². The van der Waals surface area contributed by atoms with E-state index in [1.165, 1.54) is 0 Å². The number of amides is 1. The summed E-state index contributed by atoms with van der Waals surface area (Å²) in [4.78, 5) is 13.9. The summed E-state index contributed by atoms with van der Waals surface area (Å²) in [5, 5.41) is 12.0. The maximum absolute atomic E-state index is 12.1. The molecule has 0 aromatic carbocycles. The van der Waals surface area contributed by atoms with E-state index in [0.29, 0.717) is 13.0 Å². The summed E-state index contributed by atoms with van der Waals surface area (Å²) in [5.41, 5.74) is -0.248. The van der Waals surface area contributed by atoms with E-state index in [-0.39, 0.29) is 17.9 Å². The van der Waals surface area contributed by atoms with Crippen molar-refractivity contribution < 1.29 is 9.90 Å². The monoisotopic (exact) mass is 214 g/mol. The van der Waals surface area contributed by atoms with Gasteiger partial charge in [0.25, 0.3) is 0 Å². The first-order valence-electron chi connectivity index (χ1n) is 5.67. The lowest BCUT2D eigenvalue weighted by Gasteiger charge is -2.36. The molecule has 1 fully saturated rings. The molecule has 0 aliphatic carbocycles. The fourth-order valence-corrected chi connectivity index (χ4v) is 2.11. The van der Waals surface area contributed by atoms with Crippen molar-refractivity contribution in [2.24, 2.45) is 5.41 Å². The highest BCUT2D eigenvalue weighted by molar-refractivity contribution is 5.82. The van der Waals surface area contributed by atoms with Gasteiger partial charge in [0.2, 0.25) is 5.91 Å². The van der Waals surface area contributed by atoms with E-state index in [2.05, 4.69) is 5.32 Å². The molecule has 1 rings (SSSR count). The molecular formula is C11H22N2O2. The van der Waals surface area contributed by atoms with Crippen LogP contribution in [0.1, 0.15) is 26.2 Å². The van der Waals surface area contributed by atoms with Gasteiger partial charge in [0.05, 0.1) is 5.41 Å². The van der Waals surface area contributed by atoms with Crippen LogP contribution >= 0.6 is 0 Å². The number of carbonyl (C=O) groups excluding carboxylic acids is 1. The highest BCUT2D eigenvalue weighted by Gasteiger charge is 2.36. The van der Waals surface area contributed by atoms with Crippen LogP contribution in [0.4, 0.5) is 0 Å². The second-order valence-corrected chi connectivity index (χ2v) is 4.64. The van der Waals surface area contributed by atoms with Crippen LogP contribution in [0.3, 0.4) is 0 Å². The molecule has 0 saturated carbocycles. The Morgan fingerprint density at radius 1 is 1.60 bits per heavy atom. The van der Waals surface area contributed by atoms with E-state index in [1.54, 1.807) is 4.90 Å². The SMILES string of the molecule is CN(CCCO)C(=O)C1(C)CCCNC1. The Labute approximate surface area is 91.6 Å². The lowest BCUT2D eigenvalue weighted by Crippen LogP contribution is -2.49. The number of nitrogens with zero attached hydrogens (tertiary/aromatic N) is 1. The zero-order valence-electron chi connectivity index (χ0n) is 9.75. The van der Waals surface area contributed by atoms with Gasteiger partial charge in [0.15, 0.2) is 0 Å². The predicted octanol–water partition coefficient (Wildman–Crippen LogP) is 0.217. The Kier molecular flexibility index (Phi) is 4.54. The third kappa shape index (κ3) is 3.18. The van der Waals surface area contributed by atoms with Crippen molar-refractivity contribution >= 4 is 5.91 Å². The minimum absolute atomic E-state index is 0.145. The van der Waals surface area contributed by atoms with Gasteiger partial charge >= 0.3 is 0 Å². The number of hydrogen-bond donors (Lipinski definition) is 2. The van der Waals surface area contributed by atoms with Crippen LogP contribution in [0.15, 0.2) is 0 Å². The minimum atomic E-state index is -0.248. The first kappa shape index (κ1) is 12.5. The fourth-order valence-electron chi connectivity index (χ4n) is 2.11. The highest BCUT2D eigenvalue weighted by atomic mass is 16.3. The number of piperidine rings is 1. The standard InChI is InChI=1S/C11H22N2O2/c1-11(5-3-6-12-9-11)10(15)13(2)7-4-8-14/h12,14H,3-9H2,1-2H3. The molecule has 1 aliphatic rings. The van der Waals surface area contributed by atoms with Crippen molar-refractivity contribution in [2.75, 3.05) is 33.3 Å². The largest absolute Gasteiger partial charge is 0.396 e. The van der Waals surface area contributed by atoms with E-state index < -0.39 is 0 Å². The topological polar surface area (TPSA) is 52.6 Å². The molecule has 0 aromatic rings. The Bertz CT molecular complexity index is 213. The van der Waals surface area contributed by atoms with E-state index >= 15 is 0 Å². The molecule has 4 nitrogen and oxygen atoms in total. The van der Waals surface area contributed by atoms with Crippen LogP contribution in [0.25, 0.3) is 0 Å². The molecule has 0 spiro atoms. The van der Waals surface area contributed by atoms with Crippen molar-refractivity contribution in [2.45, 2.75) is 26.2 Å². The van der Waals surface area contributed by atoms with Gasteiger partial charge < -0.3 is 15.3 Å². The molecule has 1 aliphatic heterocycles. The highest BCUT2D eigenvalue weighted by Crippen LogP contribution is 2.27. The average Bonchev–Trinajstić information content (AvgIpc) is 2.26. The summed E-state index contributed by atoms with van der Waals surface area (Å²) in [6, 6.07) is 0. The summed E-state index contributed by atoms with van der Waals surface area (Å²) >= 11 is 0. The molecule has 0 bridgehead atoms. The zero-order valence-corrected chi connectivity index (χ0v) is 9.75. The van der Waals surface area contributed by atoms with Gasteiger partial charge in [-0.1, -0.05) is 0 Å². The van der Waals surface area contributed by atoms with Crippen LogP contribution in [0.2, 0.25) is 0 Å². The molecule has 1 amide bonds. The van der Waals surface area contributed by atoms with Gasteiger partial charge in [-0.2, -0.15) is 0 Å². The van der Waals surface area contributed by atoms with Crippen molar-refractivity contribution in [1.29, 1.82) is 0 Å². The number of nitrogens with one attached hydrogen (secondary N) is 1. The number of aliphatic hydroxyl groups excluding tert-OH is 1. The van der Waals surface area contributed by atoms with E-state index in [1.807, 2.05) is 14.0 Å². The lowest BCUT2D eigenvalue weighted by atomic mass is 9.81. The quantitative estimate of drug-likeness (QED) is 0.704.